The molecule has 5 rings (SSSR count). The van der Waals surface area contributed by atoms with Crippen molar-refractivity contribution in [3.05, 3.63) is 54.2 Å². The fourth-order valence-electron chi connectivity index (χ4n) is 5.10. The van der Waals surface area contributed by atoms with E-state index in [1.807, 2.05) is 50.2 Å². The number of benzene rings is 1. The molecule has 4 heterocycles. The smallest absolute Gasteiger partial charge is 0.408 e. The van der Waals surface area contributed by atoms with Crippen molar-refractivity contribution in [3.8, 4) is 17.3 Å². The van der Waals surface area contributed by atoms with Crippen LogP contribution in [0.1, 0.15) is 24.9 Å². The van der Waals surface area contributed by atoms with Gasteiger partial charge in [-0.1, -0.05) is 24.3 Å². The number of nitrogens with zero attached hydrogens (tertiary/aromatic N) is 6. The monoisotopic (exact) mass is 528 g/mol. The van der Waals surface area contributed by atoms with Crippen LogP contribution in [0.5, 0.6) is 5.75 Å². The zero-order chi connectivity index (χ0) is 27.0. The minimum absolute atomic E-state index is 0.0823. The predicted octanol–water partition coefficient (Wildman–Crippen LogP) is 4.60. The molecule has 1 aromatic carbocycles. The third kappa shape index (κ3) is 5.18. The maximum absolute atomic E-state index is 14.4. The number of likely N-dealkylation sites (tertiary alicyclic amines) is 1. The summed E-state index contributed by atoms with van der Waals surface area (Å²) < 4.78 is 55.9. The van der Waals surface area contributed by atoms with Crippen molar-refractivity contribution in [3.63, 3.8) is 0 Å². The molecule has 3 unspecified atom stereocenters. The first-order chi connectivity index (χ1) is 18.2. The number of pyridine rings is 2. The van der Waals surface area contributed by atoms with Crippen molar-refractivity contribution in [2.45, 2.75) is 37.7 Å². The zero-order valence-corrected chi connectivity index (χ0v) is 21.8. The minimum atomic E-state index is -4.44. The van der Waals surface area contributed by atoms with Crippen molar-refractivity contribution in [2.24, 2.45) is 0 Å². The minimum Gasteiger partial charge on any atom is -0.486 e. The quantitative estimate of drug-likeness (QED) is 0.331. The Hall–Kier alpha value is -3.28. The summed E-state index contributed by atoms with van der Waals surface area (Å²) in [7, 11) is 5.41. The molecule has 0 saturated carbocycles. The lowest BCUT2D eigenvalue weighted by molar-refractivity contribution is -0.184. The van der Waals surface area contributed by atoms with Crippen LogP contribution in [-0.4, -0.2) is 88.6 Å². The number of rotatable bonds is 8. The molecule has 202 valence electrons. The number of methoxy groups -OCH3 is 1. The van der Waals surface area contributed by atoms with E-state index in [9.17, 15) is 13.2 Å². The van der Waals surface area contributed by atoms with Crippen LogP contribution >= 0.6 is 0 Å². The lowest BCUT2D eigenvalue weighted by atomic mass is 10.1. The molecular weight excluding hydrogens is 497 g/mol. The van der Waals surface area contributed by atoms with Crippen LogP contribution in [-0.2, 0) is 4.74 Å². The molecule has 0 spiro atoms. The van der Waals surface area contributed by atoms with Crippen molar-refractivity contribution >= 4 is 16.6 Å². The van der Waals surface area contributed by atoms with Gasteiger partial charge in [-0.05, 0) is 51.2 Å². The van der Waals surface area contributed by atoms with Gasteiger partial charge in [0.1, 0.15) is 29.1 Å². The van der Waals surface area contributed by atoms with Gasteiger partial charge >= 0.3 is 6.18 Å². The van der Waals surface area contributed by atoms with Gasteiger partial charge in [-0.25, -0.2) is 4.98 Å². The predicted molar refractivity (Wildman–Crippen MR) is 138 cm³/mol. The van der Waals surface area contributed by atoms with E-state index < -0.39 is 12.2 Å². The first-order valence-corrected chi connectivity index (χ1v) is 12.5. The third-order valence-electron chi connectivity index (χ3n) is 6.98. The van der Waals surface area contributed by atoms with Gasteiger partial charge in [0.05, 0.1) is 6.61 Å². The lowest BCUT2D eigenvalue weighted by Gasteiger charge is -2.30. The first kappa shape index (κ1) is 26.3. The van der Waals surface area contributed by atoms with Gasteiger partial charge in [0.2, 0.25) is 0 Å². The molecule has 1 fully saturated rings. The van der Waals surface area contributed by atoms with Crippen LogP contribution in [0.4, 0.5) is 13.2 Å². The van der Waals surface area contributed by atoms with Crippen LogP contribution in [0, 0.1) is 0 Å². The van der Waals surface area contributed by atoms with Crippen LogP contribution < -0.4 is 4.74 Å². The van der Waals surface area contributed by atoms with Gasteiger partial charge in [0.25, 0.3) is 0 Å². The fourth-order valence-corrected chi connectivity index (χ4v) is 5.10. The molecule has 3 atom stereocenters. The van der Waals surface area contributed by atoms with Crippen LogP contribution in [0.3, 0.4) is 0 Å². The van der Waals surface area contributed by atoms with Crippen LogP contribution in [0.25, 0.3) is 28.1 Å². The summed E-state index contributed by atoms with van der Waals surface area (Å²) >= 11 is 0. The summed E-state index contributed by atoms with van der Waals surface area (Å²) in [6.07, 6.45) is -2.45. The van der Waals surface area contributed by atoms with E-state index in [-0.39, 0.29) is 17.7 Å². The van der Waals surface area contributed by atoms with Crippen molar-refractivity contribution in [2.75, 3.05) is 40.9 Å². The number of ether oxygens (including phenoxy) is 2. The van der Waals surface area contributed by atoms with Gasteiger partial charge in [0.15, 0.2) is 11.5 Å². The normalized spacial score (nSPS) is 18.5. The number of para-hydroxylation sites is 1. The highest BCUT2D eigenvalue weighted by Gasteiger charge is 2.47. The molecular formula is C27H31F3N6O2. The molecule has 38 heavy (non-hydrogen) atoms. The average molecular weight is 529 g/mol. The largest absolute Gasteiger partial charge is 0.486 e. The second-order valence-corrected chi connectivity index (χ2v) is 9.97. The summed E-state index contributed by atoms with van der Waals surface area (Å²) in [5.74, 6) is 0.946. The highest BCUT2D eigenvalue weighted by atomic mass is 19.4. The number of hydrogen-bond donors (Lipinski definition) is 0. The van der Waals surface area contributed by atoms with E-state index in [1.54, 1.807) is 23.6 Å². The summed E-state index contributed by atoms with van der Waals surface area (Å²) in [5, 5.41) is 9.33. The summed E-state index contributed by atoms with van der Waals surface area (Å²) in [5.41, 5.74) is 1.69. The SMILES string of the molecule is COCC(C)Oc1cccc2ccc(-c3nnc4ccc(C(N5CCC(N(C)C)C5)C(F)(F)F)cn34)nc12. The van der Waals surface area contributed by atoms with E-state index in [4.69, 9.17) is 14.5 Å². The number of halogens is 3. The molecule has 11 heteroatoms. The highest BCUT2D eigenvalue weighted by molar-refractivity contribution is 5.86. The van der Waals surface area contributed by atoms with Gasteiger partial charge in [-0.15, -0.1) is 10.2 Å². The van der Waals surface area contributed by atoms with Crippen LogP contribution in [0.15, 0.2) is 48.7 Å². The van der Waals surface area contributed by atoms with Gasteiger partial charge < -0.3 is 14.4 Å². The molecule has 0 N–H and O–H groups in total. The Balaban J connectivity index is 1.54. The van der Waals surface area contributed by atoms with Crippen molar-refractivity contribution in [1.29, 1.82) is 0 Å². The Labute approximate surface area is 219 Å². The van der Waals surface area contributed by atoms with Gasteiger partial charge in [0, 0.05) is 37.8 Å². The molecule has 0 radical (unpaired) electrons. The third-order valence-corrected chi connectivity index (χ3v) is 6.98. The lowest BCUT2D eigenvalue weighted by Crippen LogP contribution is -2.39. The molecule has 1 aliphatic rings. The Morgan fingerprint density at radius 3 is 2.63 bits per heavy atom. The molecule has 1 saturated heterocycles. The van der Waals surface area contributed by atoms with Crippen molar-refractivity contribution in [1.82, 2.24) is 29.4 Å². The van der Waals surface area contributed by atoms with E-state index >= 15 is 0 Å². The number of fused-ring (bicyclic) bond motifs is 2. The standard InChI is InChI=1S/C27H31F3N6O2/c1-17(16-37-4)38-22-7-5-6-18-8-10-21(31-24(18)22)26-33-32-23-11-9-19(14-36(23)26)25(27(28,29)30)35-13-12-20(15-35)34(2)3/h5-11,14,17,20,25H,12-13,15-16H2,1-4H3. The number of alkyl halides is 3. The van der Waals surface area contributed by atoms with E-state index in [2.05, 4.69) is 10.2 Å². The van der Waals surface area contributed by atoms with Gasteiger partial charge in [-0.3, -0.25) is 9.30 Å². The molecule has 1 aliphatic heterocycles. The molecule has 0 bridgehead atoms. The van der Waals surface area contributed by atoms with E-state index in [0.29, 0.717) is 54.5 Å². The molecule has 4 aromatic rings. The van der Waals surface area contributed by atoms with Crippen molar-refractivity contribution < 1.29 is 22.6 Å². The average Bonchev–Trinajstić information content (AvgIpc) is 3.51. The van der Waals surface area contributed by atoms with Crippen LogP contribution in [0.2, 0.25) is 0 Å². The second kappa shape index (κ2) is 10.5. The zero-order valence-electron chi connectivity index (χ0n) is 21.8. The molecule has 0 aliphatic carbocycles. The maximum atomic E-state index is 14.4. The Morgan fingerprint density at radius 1 is 1.11 bits per heavy atom. The van der Waals surface area contributed by atoms with E-state index in [0.717, 1.165) is 5.39 Å². The molecule has 3 aromatic heterocycles. The Kier molecular flexibility index (Phi) is 7.26. The number of aromatic nitrogens is 4. The topological polar surface area (TPSA) is 68.0 Å². The number of hydrogen-bond acceptors (Lipinski definition) is 7. The Bertz CT molecular complexity index is 1420. The maximum Gasteiger partial charge on any atom is 0.408 e. The number of likely N-dealkylation sites (N-methyl/N-ethyl adjacent to an activating group) is 1. The summed E-state index contributed by atoms with van der Waals surface area (Å²) in [4.78, 5) is 8.27. The van der Waals surface area contributed by atoms with E-state index in [1.165, 1.54) is 17.2 Å². The first-order valence-electron chi connectivity index (χ1n) is 12.5. The summed E-state index contributed by atoms with van der Waals surface area (Å²) in [6.45, 7) is 3.04. The Morgan fingerprint density at radius 2 is 1.92 bits per heavy atom. The van der Waals surface area contributed by atoms with Gasteiger partial charge in [-0.2, -0.15) is 13.2 Å². The summed E-state index contributed by atoms with van der Waals surface area (Å²) in [6, 6.07) is 10.7. The highest BCUT2D eigenvalue weighted by Crippen LogP contribution is 2.40. The fraction of sp³-hybridized carbons (Fsp3) is 0.444. The second-order valence-electron chi connectivity index (χ2n) is 9.97. The molecule has 8 nitrogen and oxygen atoms in total. The molecule has 0 amide bonds.